The minimum atomic E-state index is 0.886. The van der Waals surface area contributed by atoms with Crippen molar-refractivity contribution in [3.8, 4) is 5.75 Å². The van der Waals surface area contributed by atoms with Crippen LogP contribution in [0.25, 0.3) is 24.3 Å². The Kier molecular flexibility index (Phi) is 10.2. The topological polar surface area (TPSA) is 12.5 Å². The van der Waals surface area contributed by atoms with Crippen molar-refractivity contribution in [2.45, 2.75) is 53.4 Å². The summed E-state index contributed by atoms with van der Waals surface area (Å²) in [6.07, 6.45) is 13.6. The Bertz CT molecular complexity index is 1100. The highest BCUT2D eigenvalue weighted by atomic mass is 16.5. The first-order valence-corrected chi connectivity index (χ1v) is 13.0. The van der Waals surface area contributed by atoms with Crippen molar-refractivity contribution < 1.29 is 4.74 Å². The molecule has 0 bridgehead atoms. The molecule has 0 saturated heterocycles. The quantitative estimate of drug-likeness (QED) is 0.246. The first kappa shape index (κ1) is 26.3. The molecule has 0 spiro atoms. The molecule has 184 valence electrons. The Hall–Kier alpha value is -3.26. The van der Waals surface area contributed by atoms with Gasteiger partial charge in [0.25, 0.3) is 0 Å². The van der Waals surface area contributed by atoms with Crippen LogP contribution in [0.4, 0.5) is 5.69 Å². The van der Waals surface area contributed by atoms with E-state index in [9.17, 15) is 0 Å². The molecule has 3 rings (SSSR count). The average molecular weight is 468 g/mol. The first-order valence-electron chi connectivity index (χ1n) is 13.0. The molecule has 0 aliphatic carbocycles. The number of ether oxygens (including phenoxy) is 1. The monoisotopic (exact) mass is 467 g/mol. The van der Waals surface area contributed by atoms with E-state index < -0.39 is 0 Å². The van der Waals surface area contributed by atoms with Crippen LogP contribution in [0.1, 0.15) is 72.9 Å². The summed E-state index contributed by atoms with van der Waals surface area (Å²) >= 11 is 0. The van der Waals surface area contributed by atoms with Crippen molar-refractivity contribution in [2.75, 3.05) is 25.1 Å². The lowest BCUT2D eigenvalue weighted by atomic mass is 10.0. The van der Waals surface area contributed by atoms with E-state index in [4.69, 9.17) is 4.74 Å². The number of anilines is 1. The summed E-state index contributed by atoms with van der Waals surface area (Å²) in [7, 11) is 1.74. The van der Waals surface area contributed by atoms with E-state index in [2.05, 4.69) is 118 Å². The lowest BCUT2D eigenvalue weighted by molar-refractivity contribution is 0.413. The number of hydrogen-bond donors (Lipinski definition) is 0. The molecule has 0 amide bonds. The Morgan fingerprint density at radius 3 is 1.77 bits per heavy atom. The maximum absolute atomic E-state index is 5.73. The van der Waals surface area contributed by atoms with Gasteiger partial charge in [0, 0.05) is 24.3 Å². The molecule has 2 heteroatoms. The first-order chi connectivity index (χ1) is 17.0. The molecular formula is C33H41NO. The standard InChI is InChI=1S/C33H41NO/c1-6-8-22-34(23-9-7-2)32-20-16-29(17-21-32)15-19-31-24-27(4)30(25-33(31)35-5)18-14-28-12-10-26(3)11-13-28/h10-21,24-25H,6-9,22-23H2,1-5H3/b18-14+,19-15+. The molecule has 0 aliphatic heterocycles. The van der Waals surface area contributed by atoms with Crippen LogP contribution in [-0.2, 0) is 0 Å². The average Bonchev–Trinajstić information content (AvgIpc) is 2.88. The third-order valence-corrected chi connectivity index (χ3v) is 6.43. The van der Waals surface area contributed by atoms with Crippen molar-refractivity contribution in [1.82, 2.24) is 0 Å². The summed E-state index contributed by atoms with van der Waals surface area (Å²) in [6.45, 7) is 11.0. The third-order valence-electron chi connectivity index (χ3n) is 6.43. The molecule has 0 atom stereocenters. The van der Waals surface area contributed by atoms with Crippen molar-refractivity contribution >= 4 is 30.0 Å². The summed E-state index contributed by atoms with van der Waals surface area (Å²) in [5.41, 5.74) is 8.48. The van der Waals surface area contributed by atoms with E-state index in [0.717, 1.165) is 24.4 Å². The van der Waals surface area contributed by atoms with Gasteiger partial charge in [0.15, 0.2) is 0 Å². The van der Waals surface area contributed by atoms with Gasteiger partial charge in [-0.1, -0.05) is 93.0 Å². The van der Waals surface area contributed by atoms with Crippen molar-refractivity contribution in [3.05, 3.63) is 94.0 Å². The number of methoxy groups -OCH3 is 1. The molecule has 2 nitrogen and oxygen atoms in total. The van der Waals surface area contributed by atoms with Gasteiger partial charge in [-0.15, -0.1) is 0 Å². The summed E-state index contributed by atoms with van der Waals surface area (Å²) in [4.78, 5) is 2.52. The lowest BCUT2D eigenvalue weighted by Gasteiger charge is -2.24. The van der Waals surface area contributed by atoms with Gasteiger partial charge in [0.05, 0.1) is 7.11 Å². The van der Waals surface area contributed by atoms with Crippen LogP contribution in [-0.4, -0.2) is 20.2 Å². The number of unbranched alkanes of at least 4 members (excludes halogenated alkanes) is 2. The summed E-state index contributed by atoms with van der Waals surface area (Å²) in [5.74, 6) is 0.886. The van der Waals surface area contributed by atoms with Gasteiger partial charge in [-0.25, -0.2) is 0 Å². The Morgan fingerprint density at radius 2 is 1.23 bits per heavy atom. The normalized spacial score (nSPS) is 11.5. The zero-order chi connectivity index (χ0) is 25.0. The molecule has 0 aliphatic rings. The highest BCUT2D eigenvalue weighted by molar-refractivity contribution is 5.77. The zero-order valence-electron chi connectivity index (χ0n) is 22.2. The number of nitrogens with zero attached hydrogens (tertiary/aromatic N) is 1. The Labute approximate surface area is 213 Å². The minimum absolute atomic E-state index is 0.886. The van der Waals surface area contributed by atoms with Crippen LogP contribution in [0.15, 0.2) is 60.7 Å². The highest BCUT2D eigenvalue weighted by Crippen LogP contribution is 2.27. The van der Waals surface area contributed by atoms with Gasteiger partial charge in [-0.05, 0) is 73.2 Å². The molecule has 0 heterocycles. The molecule has 0 N–H and O–H groups in total. The Morgan fingerprint density at radius 1 is 0.686 bits per heavy atom. The van der Waals surface area contributed by atoms with Crippen LogP contribution in [0, 0.1) is 13.8 Å². The molecule has 0 saturated carbocycles. The maximum atomic E-state index is 5.73. The second kappa shape index (κ2) is 13.6. The largest absolute Gasteiger partial charge is 0.496 e. The molecule has 0 unspecified atom stereocenters. The van der Waals surface area contributed by atoms with Crippen molar-refractivity contribution in [2.24, 2.45) is 0 Å². The van der Waals surface area contributed by atoms with Crippen molar-refractivity contribution in [3.63, 3.8) is 0 Å². The predicted molar refractivity (Wildman–Crippen MR) is 155 cm³/mol. The van der Waals surface area contributed by atoms with Gasteiger partial charge in [-0.2, -0.15) is 0 Å². The van der Waals surface area contributed by atoms with E-state index in [1.165, 1.54) is 59.2 Å². The van der Waals surface area contributed by atoms with Gasteiger partial charge in [0.2, 0.25) is 0 Å². The van der Waals surface area contributed by atoms with E-state index in [-0.39, 0.29) is 0 Å². The van der Waals surface area contributed by atoms with E-state index in [1.807, 2.05) is 0 Å². The summed E-state index contributed by atoms with van der Waals surface area (Å²) in [5, 5.41) is 0. The fourth-order valence-electron chi connectivity index (χ4n) is 4.13. The van der Waals surface area contributed by atoms with Gasteiger partial charge in [0.1, 0.15) is 5.75 Å². The molecule has 0 radical (unpaired) electrons. The second-order valence-electron chi connectivity index (χ2n) is 9.31. The molecule has 0 fully saturated rings. The molecule has 0 aromatic heterocycles. The van der Waals surface area contributed by atoms with Crippen LogP contribution >= 0.6 is 0 Å². The highest BCUT2D eigenvalue weighted by Gasteiger charge is 2.07. The Balaban J connectivity index is 1.75. The smallest absolute Gasteiger partial charge is 0.126 e. The van der Waals surface area contributed by atoms with Crippen LogP contribution < -0.4 is 9.64 Å². The fourth-order valence-corrected chi connectivity index (χ4v) is 4.13. The number of aryl methyl sites for hydroxylation is 2. The zero-order valence-corrected chi connectivity index (χ0v) is 22.2. The van der Waals surface area contributed by atoms with E-state index >= 15 is 0 Å². The second-order valence-corrected chi connectivity index (χ2v) is 9.31. The van der Waals surface area contributed by atoms with Crippen LogP contribution in [0.3, 0.4) is 0 Å². The molecular weight excluding hydrogens is 426 g/mol. The van der Waals surface area contributed by atoms with Gasteiger partial charge in [-0.3, -0.25) is 0 Å². The third kappa shape index (κ3) is 7.89. The van der Waals surface area contributed by atoms with E-state index in [0.29, 0.717) is 0 Å². The summed E-state index contributed by atoms with van der Waals surface area (Å²) < 4.78 is 5.73. The maximum Gasteiger partial charge on any atom is 0.126 e. The predicted octanol–water partition coefficient (Wildman–Crippen LogP) is 9.06. The molecule has 35 heavy (non-hydrogen) atoms. The van der Waals surface area contributed by atoms with Crippen LogP contribution in [0.5, 0.6) is 5.75 Å². The van der Waals surface area contributed by atoms with Gasteiger partial charge >= 0.3 is 0 Å². The van der Waals surface area contributed by atoms with Crippen molar-refractivity contribution in [1.29, 1.82) is 0 Å². The lowest BCUT2D eigenvalue weighted by Crippen LogP contribution is -2.25. The van der Waals surface area contributed by atoms with E-state index in [1.54, 1.807) is 7.11 Å². The number of benzene rings is 3. The minimum Gasteiger partial charge on any atom is -0.496 e. The number of rotatable bonds is 12. The van der Waals surface area contributed by atoms with Crippen LogP contribution in [0.2, 0.25) is 0 Å². The molecule has 3 aromatic rings. The molecule has 3 aromatic carbocycles. The SMILES string of the molecule is CCCCN(CCCC)c1ccc(/C=C/c2cc(C)c(/C=C/c3ccc(C)cc3)cc2OC)cc1. The fraction of sp³-hybridized carbons (Fsp3) is 0.333. The number of hydrogen-bond acceptors (Lipinski definition) is 2. The van der Waals surface area contributed by atoms with Gasteiger partial charge < -0.3 is 9.64 Å². The summed E-state index contributed by atoms with van der Waals surface area (Å²) in [6, 6.07) is 21.9.